The molecule has 0 saturated heterocycles. The van der Waals surface area contributed by atoms with Gasteiger partial charge in [-0.05, 0) is 131 Å². The third-order valence-electron chi connectivity index (χ3n) is 9.34. The number of rotatable bonds is 11. The van der Waals surface area contributed by atoms with E-state index in [1.54, 1.807) is 0 Å². The molecule has 0 bridgehead atoms. The molecule has 0 aliphatic heterocycles. The summed E-state index contributed by atoms with van der Waals surface area (Å²) in [5.41, 5.74) is 11.1. The van der Waals surface area contributed by atoms with Crippen LogP contribution in [-0.2, 0) is 0 Å². The third-order valence-corrected chi connectivity index (χ3v) is 12.1. The van der Waals surface area contributed by atoms with E-state index >= 15 is 0 Å². The second-order valence-corrected chi connectivity index (χ2v) is 15.7. The predicted octanol–water partition coefficient (Wildman–Crippen LogP) is 11.9. The summed E-state index contributed by atoms with van der Waals surface area (Å²) in [6.45, 7) is 18.2. The minimum absolute atomic E-state index is 0.512. The van der Waals surface area contributed by atoms with E-state index in [4.69, 9.17) is 9.15 Å². The molecule has 250 valence electrons. The number of aryl methyl sites for hydroxylation is 7. The van der Waals surface area contributed by atoms with Gasteiger partial charge in [0.1, 0.15) is 16.9 Å². The van der Waals surface area contributed by atoms with E-state index < -0.39 is 7.92 Å². The van der Waals surface area contributed by atoms with Gasteiger partial charge in [0.2, 0.25) is 0 Å². The van der Waals surface area contributed by atoms with Gasteiger partial charge in [-0.15, -0.1) is 0 Å². The molecular formula is C45H53O2P. The molecule has 48 heavy (non-hydrogen) atoms. The average Bonchev–Trinajstić information content (AvgIpc) is 3.39. The highest BCUT2D eigenvalue weighted by Crippen LogP contribution is 2.36. The number of hydrogen-bond donors (Lipinski definition) is 0. The Balaban J connectivity index is 0.000000188. The van der Waals surface area contributed by atoms with Gasteiger partial charge >= 0.3 is 0 Å². The molecule has 0 saturated carbocycles. The first-order valence-electron chi connectivity index (χ1n) is 17.7. The maximum Gasteiger partial charge on any atom is 0.135 e. The molecule has 0 aliphatic rings. The van der Waals surface area contributed by atoms with Crippen molar-refractivity contribution in [3.63, 3.8) is 0 Å². The van der Waals surface area contributed by atoms with Crippen LogP contribution in [0.25, 0.3) is 21.9 Å². The minimum atomic E-state index is -0.512. The van der Waals surface area contributed by atoms with Gasteiger partial charge in [0, 0.05) is 10.8 Å². The maximum atomic E-state index is 6.08. The number of fused-ring (bicyclic) bond motifs is 3. The zero-order chi connectivity index (χ0) is 34.2. The third kappa shape index (κ3) is 8.58. The van der Waals surface area contributed by atoms with Gasteiger partial charge in [0.25, 0.3) is 0 Å². The quantitative estimate of drug-likeness (QED) is 0.102. The van der Waals surface area contributed by atoms with Crippen molar-refractivity contribution in [2.24, 2.45) is 0 Å². The Bertz CT molecular complexity index is 1920. The first-order chi connectivity index (χ1) is 23.2. The van der Waals surface area contributed by atoms with Crippen molar-refractivity contribution in [1.82, 2.24) is 0 Å². The van der Waals surface area contributed by atoms with Crippen molar-refractivity contribution in [3.05, 3.63) is 130 Å². The van der Waals surface area contributed by atoms with Crippen LogP contribution in [0, 0.1) is 48.5 Å². The van der Waals surface area contributed by atoms with Gasteiger partial charge in [-0.1, -0.05) is 117 Å². The molecule has 0 fully saturated rings. The average molecular weight is 657 g/mol. The van der Waals surface area contributed by atoms with Gasteiger partial charge in [0.15, 0.2) is 0 Å². The molecule has 0 spiro atoms. The van der Waals surface area contributed by atoms with Crippen LogP contribution in [0.4, 0.5) is 0 Å². The molecule has 0 amide bonds. The van der Waals surface area contributed by atoms with E-state index in [1.807, 2.05) is 0 Å². The summed E-state index contributed by atoms with van der Waals surface area (Å²) >= 11 is 0. The molecule has 0 aliphatic carbocycles. The zero-order valence-electron chi connectivity index (χ0n) is 30.4. The van der Waals surface area contributed by atoms with Gasteiger partial charge in [-0.2, -0.15) is 0 Å². The van der Waals surface area contributed by atoms with Crippen molar-refractivity contribution in [1.29, 1.82) is 0 Å². The Morgan fingerprint density at radius 1 is 0.521 bits per heavy atom. The van der Waals surface area contributed by atoms with E-state index in [9.17, 15) is 0 Å². The van der Waals surface area contributed by atoms with Crippen LogP contribution < -0.4 is 20.7 Å². The number of hydrogen-bond acceptors (Lipinski definition) is 2. The molecule has 0 N–H and O–H groups in total. The van der Waals surface area contributed by atoms with Gasteiger partial charge < -0.3 is 9.15 Å². The Kier molecular flexibility index (Phi) is 12.2. The summed E-state index contributed by atoms with van der Waals surface area (Å²) in [6, 6.07) is 33.3. The van der Waals surface area contributed by atoms with Crippen LogP contribution in [0.15, 0.2) is 95.4 Å². The fourth-order valence-electron chi connectivity index (χ4n) is 6.48. The lowest BCUT2D eigenvalue weighted by atomic mass is 10.0. The highest BCUT2D eigenvalue weighted by molar-refractivity contribution is 7.80. The smallest absolute Gasteiger partial charge is 0.135 e. The van der Waals surface area contributed by atoms with Crippen molar-refractivity contribution in [2.45, 2.75) is 93.9 Å². The molecule has 5 aromatic carbocycles. The van der Waals surface area contributed by atoms with E-state index in [-0.39, 0.29) is 0 Å². The van der Waals surface area contributed by atoms with Gasteiger partial charge in [-0.3, -0.25) is 0 Å². The van der Waals surface area contributed by atoms with E-state index in [2.05, 4.69) is 146 Å². The fraction of sp³-hybridized carbons (Fsp3) is 0.333. The summed E-state index contributed by atoms with van der Waals surface area (Å²) < 4.78 is 12.1. The molecule has 0 unspecified atom stereocenters. The van der Waals surface area contributed by atoms with Crippen LogP contribution >= 0.6 is 7.92 Å². The second-order valence-electron chi connectivity index (χ2n) is 13.5. The number of ether oxygens (including phenoxy) is 1. The minimum Gasteiger partial charge on any atom is -0.493 e. The van der Waals surface area contributed by atoms with Crippen LogP contribution in [0.1, 0.15) is 84.4 Å². The molecule has 1 heterocycles. The topological polar surface area (TPSA) is 22.4 Å². The van der Waals surface area contributed by atoms with Gasteiger partial charge in [0.05, 0.1) is 6.61 Å². The molecular weight excluding hydrogens is 603 g/mol. The first-order valence-corrected chi connectivity index (χ1v) is 19.1. The summed E-state index contributed by atoms with van der Waals surface area (Å²) in [5, 5.41) is 6.68. The lowest BCUT2D eigenvalue weighted by Crippen LogP contribution is -2.24. The summed E-state index contributed by atoms with van der Waals surface area (Å²) in [5.74, 6) is 0.988. The van der Waals surface area contributed by atoms with Crippen LogP contribution in [0.3, 0.4) is 0 Å². The second kappa shape index (κ2) is 16.5. The van der Waals surface area contributed by atoms with Crippen molar-refractivity contribution >= 4 is 45.8 Å². The van der Waals surface area contributed by atoms with Crippen LogP contribution in [0.2, 0.25) is 0 Å². The SMILES string of the molecule is CCCCCCCCOc1cc2c(cc1C)oc1cc(C)c(C)cc12.Cc1ccc(P(c2ccccc2)c2ccc(C)cc2C)c(C)c1. The number of unbranched alkanes of at least 4 members (excludes halogenated alkanes) is 5. The van der Waals surface area contributed by atoms with E-state index in [1.165, 1.54) is 86.8 Å². The largest absolute Gasteiger partial charge is 0.493 e. The lowest BCUT2D eigenvalue weighted by Gasteiger charge is -2.23. The predicted molar refractivity (Wildman–Crippen MR) is 211 cm³/mol. The van der Waals surface area contributed by atoms with Gasteiger partial charge in [-0.25, -0.2) is 0 Å². The molecule has 0 radical (unpaired) electrons. The number of furan rings is 1. The molecule has 1 aromatic heterocycles. The molecule has 6 rings (SSSR count). The van der Waals surface area contributed by atoms with E-state index in [0.717, 1.165) is 40.9 Å². The van der Waals surface area contributed by atoms with Crippen molar-refractivity contribution in [3.8, 4) is 5.75 Å². The summed E-state index contributed by atoms with van der Waals surface area (Å²) in [4.78, 5) is 0. The Morgan fingerprint density at radius 3 is 1.67 bits per heavy atom. The zero-order valence-corrected chi connectivity index (χ0v) is 31.3. The summed E-state index contributed by atoms with van der Waals surface area (Å²) in [6.07, 6.45) is 7.71. The maximum absolute atomic E-state index is 6.08. The highest BCUT2D eigenvalue weighted by Gasteiger charge is 2.20. The van der Waals surface area contributed by atoms with Crippen molar-refractivity contribution < 1.29 is 9.15 Å². The van der Waals surface area contributed by atoms with E-state index in [0.29, 0.717) is 0 Å². The Labute approximate surface area is 290 Å². The standard InChI is InChI=1S/C23H30O2.C22H23P/c1-5-6-7-8-9-10-11-24-21-15-20-19-12-16(2)17(3)13-22(19)25-23(20)14-18(21)4;1-16-10-12-21(18(3)14-16)23(20-8-6-5-7-9-20)22-13-11-17(2)15-19(22)4/h12-15H,5-11H2,1-4H3;5-15H,1-4H3. The normalized spacial score (nSPS) is 11.3. The van der Waals surface area contributed by atoms with Crippen LogP contribution in [-0.4, -0.2) is 6.61 Å². The van der Waals surface area contributed by atoms with Crippen molar-refractivity contribution in [2.75, 3.05) is 6.61 Å². The Hall–Kier alpha value is -3.87. The number of benzene rings is 5. The monoisotopic (exact) mass is 656 g/mol. The molecule has 6 aromatic rings. The van der Waals surface area contributed by atoms with Crippen LogP contribution in [0.5, 0.6) is 5.75 Å². The molecule has 2 nitrogen and oxygen atoms in total. The Morgan fingerprint density at radius 2 is 1.06 bits per heavy atom. The lowest BCUT2D eigenvalue weighted by molar-refractivity contribution is 0.303. The first kappa shape index (κ1) is 35.4. The fourth-order valence-corrected chi connectivity index (χ4v) is 9.05. The summed E-state index contributed by atoms with van der Waals surface area (Å²) in [7, 11) is -0.512. The highest BCUT2D eigenvalue weighted by atomic mass is 31.1. The molecule has 3 heteroatoms. The molecule has 0 atom stereocenters.